The van der Waals surface area contributed by atoms with E-state index in [9.17, 15) is 0 Å². The molecular weight excluding hydrogens is 174 g/mol. The summed E-state index contributed by atoms with van der Waals surface area (Å²) in [4.78, 5) is 4.23. The van der Waals surface area contributed by atoms with Crippen LogP contribution in [0.15, 0.2) is 16.3 Å². The zero-order valence-corrected chi connectivity index (χ0v) is 8.92. The Balaban J connectivity index is 3.38. The molecule has 0 saturated heterocycles. The van der Waals surface area contributed by atoms with Crippen molar-refractivity contribution in [3.8, 4) is 12.1 Å². The third-order valence-corrected chi connectivity index (χ3v) is 2.73. The number of allylic oxidation sites excluding steroid dienone is 2. The molecule has 0 radical (unpaired) electrons. The van der Waals surface area contributed by atoms with Crippen LogP contribution in [-0.4, -0.2) is 5.71 Å². The Hall–Kier alpha value is -1.61. The van der Waals surface area contributed by atoms with E-state index < -0.39 is 5.41 Å². The Morgan fingerprint density at radius 2 is 1.86 bits per heavy atom. The largest absolute Gasteiger partial charge is 0.260 e. The van der Waals surface area contributed by atoms with E-state index in [-0.39, 0.29) is 5.92 Å². The molecule has 3 nitrogen and oxygen atoms in total. The first-order valence-electron chi connectivity index (χ1n) is 4.51. The number of hydrogen-bond donors (Lipinski definition) is 0. The zero-order chi connectivity index (χ0) is 10.9. The molecule has 0 aliphatic carbocycles. The highest BCUT2D eigenvalue weighted by atomic mass is 14.8. The topological polar surface area (TPSA) is 59.9 Å². The van der Waals surface area contributed by atoms with E-state index in [1.807, 2.05) is 27.7 Å². The maximum atomic E-state index is 9.03. The van der Waals surface area contributed by atoms with Gasteiger partial charge in [0, 0.05) is 11.1 Å². The van der Waals surface area contributed by atoms with Crippen molar-refractivity contribution in [1.29, 1.82) is 10.5 Å². The van der Waals surface area contributed by atoms with Crippen molar-refractivity contribution in [3.05, 3.63) is 11.3 Å². The van der Waals surface area contributed by atoms with Gasteiger partial charge in [0.2, 0.25) is 0 Å². The van der Waals surface area contributed by atoms with E-state index in [4.69, 9.17) is 10.5 Å². The summed E-state index contributed by atoms with van der Waals surface area (Å²) in [6, 6.07) is 4.36. The molecule has 1 heterocycles. The third-order valence-electron chi connectivity index (χ3n) is 2.73. The summed E-state index contributed by atoms with van der Waals surface area (Å²) in [5.74, 6) is -0.291. The lowest BCUT2D eigenvalue weighted by molar-refractivity contribution is 0.398. The lowest BCUT2D eigenvalue weighted by atomic mass is 9.70. The summed E-state index contributed by atoms with van der Waals surface area (Å²) >= 11 is 0. The number of nitrogens with zero attached hydrogens (tertiary/aromatic N) is 3. The van der Waals surface area contributed by atoms with Gasteiger partial charge in [-0.3, -0.25) is 4.99 Å². The monoisotopic (exact) mass is 187 g/mol. The molecule has 1 aliphatic heterocycles. The van der Waals surface area contributed by atoms with Crippen LogP contribution in [0.5, 0.6) is 0 Å². The van der Waals surface area contributed by atoms with Crippen LogP contribution in [0.25, 0.3) is 0 Å². The fraction of sp³-hybridized carbons (Fsp3) is 0.545. The average Bonchev–Trinajstić information content (AvgIpc) is 2.02. The van der Waals surface area contributed by atoms with Crippen molar-refractivity contribution in [2.24, 2.45) is 16.3 Å². The number of aliphatic imine (C=N–C) groups is 1. The molecule has 1 unspecified atom stereocenters. The van der Waals surface area contributed by atoms with E-state index in [1.54, 1.807) is 0 Å². The van der Waals surface area contributed by atoms with Crippen LogP contribution < -0.4 is 0 Å². The first kappa shape index (κ1) is 10.5. The van der Waals surface area contributed by atoms with Gasteiger partial charge in [0.15, 0.2) is 0 Å². The second kappa shape index (κ2) is 3.27. The second-order valence-electron chi connectivity index (χ2n) is 4.11. The molecule has 0 saturated carbocycles. The van der Waals surface area contributed by atoms with Crippen molar-refractivity contribution in [2.45, 2.75) is 27.7 Å². The quantitative estimate of drug-likeness (QED) is 0.584. The van der Waals surface area contributed by atoms with Gasteiger partial charge in [0.25, 0.3) is 0 Å². The van der Waals surface area contributed by atoms with Crippen LogP contribution in [0, 0.1) is 34.0 Å². The lowest BCUT2D eigenvalue weighted by Gasteiger charge is -2.33. The standard InChI is InChI=1S/C11H13N3/c1-7-9(5-12)11(3,4)10(6-13)8(2)14-7/h9H,1-4H3. The van der Waals surface area contributed by atoms with Gasteiger partial charge in [-0.1, -0.05) is 13.8 Å². The van der Waals surface area contributed by atoms with Gasteiger partial charge in [-0.15, -0.1) is 0 Å². The Morgan fingerprint density at radius 3 is 2.29 bits per heavy atom. The van der Waals surface area contributed by atoms with E-state index in [2.05, 4.69) is 17.1 Å². The van der Waals surface area contributed by atoms with Crippen molar-refractivity contribution in [3.63, 3.8) is 0 Å². The van der Waals surface area contributed by atoms with Crippen LogP contribution in [0.3, 0.4) is 0 Å². The highest BCUT2D eigenvalue weighted by Gasteiger charge is 2.39. The van der Waals surface area contributed by atoms with E-state index in [1.165, 1.54) is 0 Å². The predicted octanol–water partition coefficient (Wildman–Crippen LogP) is 2.42. The molecule has 72 valence electrons. The molecular formula is C11H13N3. The molecule has 0 fully saturated rings. The first-order chi connectivity index (χ1) is 6.45. The maximum absolute atomic E-state index is 9.03. The number of nitriles is 2. The summed E-state index contributed by atoms with van der Waals surface area (Å²) in [7, 11) is 0. The third kappa shape index (κ3) is 1.32. The van der Waals surface area contributed by atoms with Gasteiger partial charge in [-0.05, 0) is 13.8 Å². The first-order valence-corrected chi connectivity index (χ1v) is 4.51. The molecule has 14 heavy (non-hydrogen) atoms. The normalized spacial score (nSPS) is 25.0. The Morgan fingerprint density at radius 1 is 1.29 bits per heavy atom. The van der Waals surface area contributed by atoms with Crippen molar-refractivity contribution < 1.29 is 0 Å². The van der Waals surface area contributed by atoms with Crippen LogP contribution in [-0.2, 0) is 0 Å². The van der Waals surface area contributed by atoms with Gasteiger partial charge >= 0.3 is 0 Å². The van der Waals surface area contributed by atoms with E-state index >= 15 is 0 Å². The van der Waals surface area contributed by atoms with Crippen LogP contribution in [0.2, 0.25) is 0 Å². The fourth-order valence-electron chi connectivity index (χ4n) is 2.00. The molecule has 1 atom stereocenters. The molecule has 0 N–H and O–H groups in total. The minimum absolute atomic E-state index is 0.291. The van der Waals surface area contributed by atoms with Gasteiger partial charge < -0.3 is 0 Å². The highest BCUT2D eigenvalue weighted by molar-refractivity contribution is 5.90. The molecule has 0 aromatic heterocycles. The molecule has 0 aromatic carbocycles. The lowest BCUT2D eigenvalue weighted by Crippen LogP contribution is -2.33. The number of rotatable bonds is 0. The van der Waals surface area contributed by atoms with Crippen LogP contribution in [0.4, 0.5) is 0 Å². The van der Waals surface area contributed by atoms with Crippen molar-refractivity contribution in [1.82, 2.24) is 0 Å². The average molecular weight is 187 g/mol. The van der Waals surface area contributed by atoms with E-state index in [0.29, 0.717) is 5.57 Å². The minimum atomic E-state index is -0.417. The molecule has 0 spiro atoms. The molecule has 0 amide bonds. The van der Waals surface area contributed by atoms with Gasteiger partial charge in [0.05, 0.1) is 29.3 Å². The van der Waals surface area contributed by atoms with Crippen LogP contribution >= 0.6 is 0 Å². The SMILES string of the molecule is CC1=NC(C)=C(C#N)C(C)(C)C1C#N. The fourth-order valence-corrected chi connectivity index (χ4v) is 2.00. The predicted molar refractivity (Wildman–Crippen MR) is 54.3 cm³/mol. The van der Waals surface area contributed by atoms with Gasteiger partial charge in [-0.25, -0.2) is 0 Å². The summed E-state index contributed by atoms with van der Waals surface area (Å²) < 4.78 is 0. The molecule has 1 rings (SSSR count). The molecule has 3 heteroatoms. The molecule has 1 aliphatic rings. The van der Waals surface area contributed by atoms with Gasteiger partial charge in [-0.2, -0.15) is 10.5 Å². The molecule has 0 bridgehead atoms. The van der Waals surface area contributed by atoms with Crippen molar-refractivity contribution in [2.75, 3.05) is 0 Å². The Bertz CT molecular complexity index is 399. The summed E-state index contributed by atoms with van der Waals surface area (Å²) in [5, 5.41) is 18.0. The summed E-state index contributed by atoms with van der Waals surface area (Å²) in [6.07, 6.45) is 0. The zero-order valence-electron chi connectivity index (χ0n) is 8.92. The number of hydrogen-bond acceptors (Lipinski definition) is 3. The van der Waals surface area contributed by atoms with Gasteiger partial charge in [0.1, 0.15) is 0 Å². The highest BCUT2D eigenvalue weighted by Crippen LogP contribution is 2.40. The maximum Gasteiger partial charge on any atom is 0.0972 e. The smallest absolute Gasteiger partial charge is 0.0972 e. The van der Waals surface area contributed by atoms with E-state index in [0.717, 1.165) is 11.4 Å². The molecule has 0 aromatic rings. The van der Waals surface area contributed by atoms with Crippen LogP contribution in [0.1, 0.15) is 27.7 Å². The summed E-state index contributed by atoms with van der Waals surface area (Å²) in [6.45, 7) is 7.49. The van der Waals surface area contributed by atoms with Crippen molar-refractivity contribution >= 4 is 5.71 Å². The Labute approximate surface area is 84.4 Å². The Kier molecular flexibility index (Phi) is 2.45. The minimum Gasteiger partial charge on any atom is -0.260 e. The summed E-state index contributed by atoms with van der Waals surface area (Å²) in [5.41, 5.74) is 1.74. The second-order valence-corrected chi connectivity index (χ2v) is 4.11.